The number of nitrogens with one attached hydrogen (secondary N) is 1. The molecule has 1 aromatic heterocycles. The van der Waals surface area contributed by atoms with Crippen molar-refractivity contribution in [3.05, 3.63) is 34.9 Å². The van der Waals surface area contributed by atoms with Crippen molar-refractivity contribution in [1.82, 2.24) is 20.3 Å². The van der Waals surface area contributed by atoms with E-state index in [1.54, 1.807) is 6.07 Å². The number of amides is 1. The van der Waals surface area contributed by atoms with Gasteiger partial charge < -0.3 is 10.1 Å². The van der Waals surface area contributed by atoms with Crippen molar-refractivity contribution in [3.8, 4) is 11.4 Å². The van der Waals surface area contributed by atoms with Gasteiger partial charge in [0.1, 0.15) is 0 Å². The van der Waals surface area contributed by atoms with Gasteiger partial charge in [-0.1, -0.05) is 16.8 Å². The van der Waals surface area contributed by atoms with Crippen LogP contribution >= 0.6 is 11.6 Å². The molecule has 0 aliphatic heterocycles. The molecule has 1 amide bonds. The molecule has 19 heavy (non-hydrogen) atoms. The maximum atomic E-state index is 14.2. The first-order chi connectivity index (χ1) is 9.17. The van der Waals surface area contributed by atoms with E-state index in [1.165, 1.54) is 24.1 Å². The molecule has 2 rings (SSSR count). The van der Waals surface area contributed by atoms with Crippen molar-refractivity contribution in [3.63, 3.8) is 0 Å². The maximum Gasteiger partial charge on any atom is 0.207 e. The Morgan fingerprint density at radius 2 is 2.37 bits per heavy atom. The lowest BCUT2D eigenvalue weighted by atomic mass is 10.1. The lowest BCUT2D eigenvalue weighted by molar-refractivity contribution is -0.109. The van der Waals surface area contributed by atoms with Gasteiger partial charge in [-0.2, -0.15) is 0 Å². The van der Waals surface area contributed by atoms with Crippen LogP contribution in [-0.2, 0) is 11.3 Å². The second-order valence-electron chi connectivity index (χ2n) is 3.56. The molecule has 2 aromatic rings. The number of carbonyl (C=O) groups excluding carboxylic acids is 1. The van der Waals surface area contributed by atoms with Crippen molar-refractivity contribution in [2.24, 2.45) is 0 Å². The first-order valence-corrected chi connectivity index (χ1v) is 5.65. The van der Waals surface area contributed by atoms with E-state index < -0.39 is 5.82 Å². The third-order valence-corrected chi connectivity index (χ3v) is 2.65. The Hall–Kier alpha value is -2.15. The first-order valence-electron chi connectivity index (χ1n) is 5.28. The Morgan fingerprint density at radius 1 is 1.58 bits per heavy atom. The molecule has 0 atom stereocenters. The number of methoxy groups -OCH3 is 1. The minimum absolute atomic E-state index is 0.000649. The maximum absolute atomic E-state index is 14.2. The molecule has 0 bridgehead atoms. The van der Waals surface area contributed by atoms with Crippen LogP contribution in [0, 0.1) is 5.82 Å². The molecule has 1 N–H and O–H groups in total. The highest BCUT2D eigenvalue weighted by Gasteiger charge is 2.16. The summed E-state index contributed by atoms with van der Waals surface area (Å²) >= 11 is 5.68. The summed E-state index contributed by atoms with van der Waals surface area (Å²) in [7, 11) is 1.36. The van der Waals surface area contributed by atoms with E-state index in [4.69, 9.17) is 16.3 Å². The molecule has 1 aromatic carbocycles. The van der Waals surface area contributed by atoms with Crippen LogP contribution in [0.1, 0.15) is 5.56 Å². The molecule has 0 fully saturated rings. The van der Waals surface area contributed by atoms with Gasteiger partial charge in [0.15, 0.2) is 16.7 Å². The van der Waals surface area contributed by atoms with E-state index in [-0.39, 0.29) is 23.0 Å². The largest absolute Gasteiger partial charge is 0.494 e. The van der Waals surface area contributed by atoms with Crippen LogP contribution < -0.4 is 10.1 Å². The average Bonchev–Trinajstić information content (AvgIpc) is 2.83. The Morgan fingerprint density at radius 3 is 2.95 bits per heavy atom. The van der Waals surface area contributed by atoms with Gasteiger partial charge in [0.25, 0.3) is 0 Å². The topological polar surface area (TPSA) is 69.0 Å². The van der Waals surface area contributed by atoms with Gasteiger partial charge in [-0.3, -0.25) is 4.79 Å². The number of hydrogen-bond donors (Lipinski definition) is 1. The van der Waals surface area contributed by atoms with E-state index in [9.17, 15) is 9.18 Å². The fourth-order valence-corrected chi connectivity index (χ4v) is 1.76. The second-order valence-corrected chi connectivity index (χ2v) is 3.95. The van der Waals surface area contributed by atoms with Gasteiger partial charge in [0.2, 0.25) is 6.41 Å². The van der Waals surface area contributed by atoms with Crippen LogP contribution in [0.5, 0.6) is 5.75 Å². The molecule has 0 spiro atoms. The average molecular weight is 285 g/mol. The Bertz CT molecular complexity index is 602. The van der Waals surface area contributed by atoms with Crippen LogP contribution in [0.3, 0.4) is 0 Å². The number of benzene rings is 1. The number of rotatable bonds is 5. The number of halogens is 2. The van der Waals surface area contributed by atoms with Crippen LogP contribution in [0.25, 0.3) is 5.69 Å². The monoisotopic (exact) mass is 284 g/mol. The molecule has 0 aliphatic rings. The van der Waals surface area contributed by atoms with Crippen LogP contribution in [0.4, 0.5) is 4.39 Å². The molecular weight excluding hydrogens is 275 g/mol. The summed E-state index contributed by atoms with van der Waals surface area (Å²) in [5.74, 6) is -0.487. The summed E-state index contributed by atoms with van der Waals surface area (Å²) in [6, 6.07) is 3.07. The summed E-state index contributed by atoms with van der Waals surface area (Å²) in [6.45, 7) is -0.000649. The number of carbonyl (C=O) groups is 1. The van der Waals surface area contributed by atoms with Crippen molar-refractivity contribution in [2.75, 3.05) is 7.11 Å². The zero-order valence-corrected chi connectivity index (χ0v) is 10.7. The number of nitrogens with zero attached hydrogens (tertiary/aromatic N) is 3. The molecule has 0 saturated carbocycles. The summed E-state index contributed by atoms with van der Waals surface area (Å²) < 4.78 is 20.4. The Balaban J connectivity index is 2.52. The number of hydrogen-bond acceptors (Lipinski definition) is 4. The van der Waals surface area contributed by atoms with Crippen LogP contribution in [0.15, 0.2) is 18.3 Å². The highest BCUT2D eigenvalue weighted by Crippen LogP contribution is 2.26. The predicted octanol–water partition coefficient (Wildman–Crippen LogP) is 1.31. The lowest BCUT2D eigenvalue weighted by Crippen LogP contribution is -2.15. The molecule has 1 heterocycles. The van der Waals surface area contributed by atoms with Crippen molar-refractivity contribution >= 4 is 18.0 Å². The van der Waals surface area contributed by atoms with E-state index in [0.717, 1.165) is 0 Å². The zero-order chi connectivity index (χ0) is 13.8. The SMILES string of the molecule is COc1ccc(-n2cc(Cl)nn2)c(CNC=O)c1F. The fourth-order valence-electron chi connectivity index (χ4n) is 1.63. The van der Waals surface area contributed by atoms with Crippen LogP contribution in [0.2, 0.25) is 5.15 Å². The van der Waals surface area contributed by atoms with Gasteiger partial charge in [-0.15, -0.1) is 5.10 Å². The normalized spacial score (nSPS) is 10.3. The molecule has 0 unspecified atom stereocenters. The van der Waals surface area contributed by atoms with E-state index in [2.05, 4.69) is 15.6 Å². The number of aromatic nitrogens is 3. The molecule has 100 valence electrons. The molecular formula is C11H10ClFN4O2. The smallest absolute Gasteiger partial charge is 0.207 e. The minimum Gasteiger partial charge on any atom is -0.494 e. The molecule has 0 saturated heterocycles. The highest BCUT2D eigenvalue weighted by molar-refractivity contribution is 6.29. The molecule has 0 radical (unpaired) electrons. The quantitative estimate of drug-likeness (QED) is 0.841. The third kappa shape index (κ3) is 2.65. The number of ether oxygens (including phenoxy) is 1. The van der Waals surface area contributed by atoms with Gasteiger partial charge in [-0.05, 0) is 12.1 Å². The standard InChI is InChI=1S/C11H10ClFN4O2/c1-19-9-3-2-8(17-5-10(12)15-16-17)7(11(9)13)4-14-6-18/h2-3,5-6H,4H2,1H3,(H,14,18). The predicted molar refractivity (Wildman–Crippen MR) is 65.8 cm³/mol. The zero-order valence-electron chi connectivity index (χ0n) is 9.93. The molecule has 8 heteroatoms. The first kappa shape index (κ1) is 13.3. The van der Waals surface area contributed by atoms with Crippen molar-refractivity contribution < 1.29 is 13.9 Å². The fraction of sp³-hybridized carbons (Fsp3) is 0.182. The Kier molecular flexibility index (Phi) is 3.96. The van der Waals surface area contributed by atoms with E-state index in [0.29, 0.717) is 12.1 Å². The molecule has 0 aliphatic carbocycles. The summed E-state index contributed by atoms with van der Waals surface area (Å²) in [5, 5.41) is 9.97. The summed E-state index contributed by atoms with van der Waals surface area (Å²) in [6.07, 6.45) is 1.92. The lowest BCUT2D eigenvalue weighted by Gasteiger charge is -2.12. The molecule has 6 nitrogen and oxygen atoms in total. The summed E-state index contributed by atoms with van der Waals surface area (Å²) in [5.41, 5.74) is 0.653. The van der Waals surface area contributed by atoms with E-state index in [1.807, 2.05) is 0 Å². The Labute approximate surface area is 113 Å². The van der Waals surface area contributed by atoms with Crippen LogP contribution in [-0.4, -0.2) is 28.5 Å². The third-order valence-electron chi connectivity index (χ3n) is 2.48. The summed E-state index contributed by atoms with van der Waals surface area (Å²) in [4.78, 5) is 10.4. The van der Waals surface area contributed by atoms with Gasteiger partial charge in [0.05, 0.1) is 19.0 Å². The highest BCUT2D eigenvalue weighted by atomic mass is 35.5. The second kappa shape index (κ2) is 5.66. The van der Waals surface area contributed by atoms with Crippen molar-refractivity contribution in [1.29, 1.82) is 0 Å². The van der Waals surface area contributed by atoms with Gasteiger partial charge >= 0.3 is 0 Å². The van der Waals surface area contributed by atoms with Gasteiger partial charge in [0, 0.05) is 12.1 Å². The van der Waals surface area contributed by atoms with Crippen molar-refractivity contribution in [2.45, 2.75) is 6.54 Å². The van der Waals surface area contributed by atoms with Gasteiger partial charge in [-0.25, -0.2) is 9.07 Å². The minimum atomic E-state index is -0.569. The van der Waals surface area contributed by atoms with E-state index >= 15 is 0 Å².